The van der Waals surface area contributed by atoms with Gasteiger partial charge in [0.2, 0.25) is 0 Å². The van der Waals surface area contributed by atoms with E-state index >= 15 is 0 Å². The first-order chi connectivity index (χ1) is 12.0. The van der Waals surface area contributed by atoms with Gasteiger partial charge in [-0.05, 0) is 54.4 Å². The van der Waals surface area contributed by atoms with E-state index in [1.54, 1.807) is 24.5 Å². The van der Waals surface area contributed by atoms with Gasteiger partial charge in [0.15, 0.2) is 5.75 Å². The van der Waals surface area contributed by atoms with Gasteiger partial charge in [-0.15, -0.1) is 13.2 Å². The summed E-state index contributed by atoms with van der Waals surface area (Å²) in [5.74, 6) is 0.0407. The Morgan fingerprint density at radius 2 is 1.77 bits per heavy atom. The molecule has 0 amide bonds. The highest BCUT2D eigenvalue weighted by Crippen LogP contribution is 2.41. The molecule has 10 heteroatoms. The summed E-state index contributed by atoms with van der Waals surface area (Å²) in [6, 6.07) is 2.89. The van der Waals surface area contributed by atoms with Crippen LogP contribution in [0, 0.1) is 20.8 Å². The van der Waals surface area contributed by atoms with E-state index in [1.165, 1.54) is 6.07 Å². The Morgan fingerprint density at radius 1 is 1.12 bits per heavy atom. The summed E-state index contributed by atoms with van der Waals surface area (Å²) < 4.78 is 45.5. The highest BCUT2D eigenvalue weighted by molar-refractivity contribution is 9.11. The largest absolute Gasteiger partial charge is 0.573 e. The molecule has 0 aliphatic carbocycles. The van der Waals surface area contributed by atoms with Crippen molar-refractivity contribution in [3.05, 3.63) is 43.3 Å². The predicted molar refractivity (Wildman–Crippen MR) is 100 cm³/mol. The SMILES string of the molecule is Cc1nc(Cl)c2c(C)c(C)n(-c3c(Br)cc(Br)cc3OC(F)(F)F)c2n1. The van der Waals surface area contributed by atoms with Crippen molar-refractivity contribution in [3.63, 3.8) is 0 Å². The highest BCUT2D eigenvalue weighted by Gasteiger charge is 2.34. The Bertz CT molecular complexity index is 1030. The quantitative estimate of drug-likeness (QED) is 0.371. The number of halogens is 6. The van der Waals surface area contributed by atoms with Crippen molar-refractivity contribution in [1.29, 1.82) is 0 Å². The Labute approximate surface area is 168 Å². The molecular formula is C16H11Br2ClF3N3O. The maximum absolute atomic E-state index is 12.9. The van der Waals surface area contributed by atoms with E-state index in [9.17, 15) is 13.2 Å². The molecule has 0 fully saturated rings. The molecule has 0 radical (unpaired) electrons. The van der Waals surface area contributed by atoms with Crippen LogP contribution >= 0.6 is 43.5 Å². The van der Waals surface area contributed by atoms with Gasteiger partial charge in [-0.3, -0.25) is 4.57 Å². The van der Waals surface area contributed by atoms with Crippen molar-refractivity contribution in [2.75, 3.05) is 0 Å². The fourth-order valence-corrected chi connectivity index (χ4v) is 4.46. The summed E-state index contributed by atoms with van der Waals surface area (Å²) in [5, 5.41) is 0.834. The van der Waals surface area contributed by atoms with Crippen LogP contribution in [-0.2, 0) is 0 Å². The molecule has 0 aliphatic heterocycles. The normalized spacial score (nSPS) is 12.0. The summed E-state index contributed by atoms with van der Waals surface area (Å²) >= 11 is 12.8. The summed E-state index contributed by atoms with van der Waals surface area (Å²) in [7, 11) is 0. The monoisotopic (exact) mass is 511 g/mol. The number of hydrogen-bond donors (Lipinski definition) is 0. The average Bonchev–Trinajstić information content (AvgIpc) is 2.69. The Hall–Kier alpha value is -1.32. The Morgan fingerprint density at radius 3 is 2.38 bits per heavy atom. The lowest BCUT2D eigenvalue weighted by Crippen LogP contribution is -2.19. The third-order valence-electron chi connectivity index (χ3n) is 3.86. The lowest BCUT2D eigenvalue weighted by molar-refractivity contribution is -0.274. The predicted octanol–water partition coefficient (Wildman–Crippen LogP) is 6.42. The zero-order valence-electron chi connectivity index (χ0n) is 13.7. The van der Waals surface area contributed by atoms with Crippen molar-refractivity contribution >= 4 is 54.5 Å². The highest BCUT2D eigenvalue weighted by atomic mass is 79.9. The van der Waals surface area contributed by atoms with Gasteiger partial charge in [-0.2, -0.15) is 0 Å². The molecule has 26 heavy (non-hydrogen) atoms. The molecule has 2 aromatic heterocycles. The second-order valence-corrected chi connectivity index (χ2v) is 7.72. The number of benzene rings is 1. The molecule has 0 saturated heterocycles. The molecule has 3 aromatic rings. The minimum Gasteiger partial charge on any atom is -0.403 e. The zero-order chi connectivity index (χ0) is 19.4. The number of hydrogen-bond acceptors (Lipinski definition) is 3. The van der Waals surface area contributed by atoms with Gasteiger partial charge < -0.3 is 4.74 Å². The minimum absolute atomic E-state index is 0.176. The summed E-state index contributed by atoms with van der Waals surface area (Å²) in [6.07, 6.45) is -4.84. The molecule has 1 aromatic carbocycles. The van der Waals surface area contributed by atoms with Gasteiger partial charge in [0.05, 0.1) is 5.39 Å². The third kappa shape index (κ3) is 3.44. The van der Waals surface area contributed by atoms with E-state index in [-0.39, 0.29) is 16.6 Å². The number of fused-ring (bicyclic) bond motifs is 1. The molecule has 4 nitrogen and oxygen atoms in total. The third-order valence-corrected chi connectivity index (χ3v) is 5.20. The molecule has 0 N–H and O–H groups in total. The van der Waals surface area contributed by atoms with E-state index in [0.29, 0.717) is 31.5 Å². The summed E-state index contributed by atoms with van der Waals surface area (Å²) in [5.41, 5.74) is 2.04. The van der Waals surface area contributed by atoms with E-state index in [0.717, 1.165) is 5.56 Å². The number of rotatable bonds is 2. The topological polar surface area (TPSA) is 39.9 Å². The molecule has 0 unspecified atom stereocenters. The maximum Gasteiger partial charge on any atom is 0.573 e. The molecule has 0 spiro atoms. The van der Waals surface area contributed by atoms with Crippen LogP contribution in [0.3, 0.4) is 0 Å². The molecule has 138 valence electrons. The average molecular weight is 514 g/mol. The Balaban J connectivity index is 2.43. The first kappa shape index (κ1) is 19.4. The number of nitrogens with zero attached hydrogens (tertiary/aromatic N) is 3. The zero-order valence-corrected chi connectivity index (χ0v) is 17.6. The van der Waals surface area contributed by atoms with Gasteiger partial charge in [0, 0.05) is 14.6 Å². The summed E-state index contributed by atoms with van der Waals surface area (Å²) in [4.78, 5) is 8.53. The number of aryl methyl sites for hydroxylation is 2. The van der Waals surface area contributed by atoms with Gasteiger partial charge in [-0.1, -0.05) is 27.5 Å². The standard InChI is InChI=1S/C16H11Br2ClF3N3O/c1-6-7(2)25(15-12(6)14(19)23-8(3)24-15)13-10(18)4-9(17)5-11(13)26-16(20,21)22/h4-5H,1-3H3. The first-order valence-electron chi connectivity index (χ1n) is 7.26. The number of ether oxygens (including phenoxy) is 1. The van der Waals surface area contributed by atoms with E-state index < -0.39 is 6.36 Å². The molecule has 0 bridgehead atoms. The van der Waals surface area contributed by atoms with Gasteiger partial charge >= 0.3 is 6.36 Å². The summed E-state index contributed by atoms with van der Waals surface area (Å²) in [6.45, 7) is 5.25. The minimum atomic E-state index is -4.84. The molecular weight excluding hydrogens is 502 g/mol. The van der Waals surface area contributed by atoms with Crippen molar-refractivity contribution in [1.82, 2.24) is 14.5 Å². The van der Waals surface area contributed by atoms with Crippen molar-refractivity contribution < 1.29 is 17.9 Å². The second-order valence-electron chi connectivity index (χ2n) is 5.59. The van der Waals surface area contributed by atoms with Crippen molar-refractivity contribution in [2.24, 2.45) is 0 Å². The Kier molecular flexibility index (Phi) is 5.00. The fraction of sp³-hybridized carbons (Fsp3) is 0.250. The molecule has 0 atom stereocenters. The van der Waals surface area contributed by atoms with Crippen LogP contribution in [-0.4, -0.2) is 20.9 Å². The molecule has 3 rings (SSSR count). The van der Waals surface area contributed by atoms with Crippen molar-refractivity contribution in [2.45, 2.75) is 27.1 Å². The molecule has 0 aliphatic rings. The lowest BCUT2D eigenvalue weighted by Gasteiger charge is -2.18. The molecule has 0 saturated carbocycles. The van der Waals surface area contributed by atoms with Crippen LogP contribution in [0.25, 0.3) is 16.7 Å². The van der Waals surface area contributed by atoms with Crippen LogP contribution in [0.15, 0.2) is 21.1 Å². The van der Waals surface area contributed by atoms with Gasteiger partial charge in [-0.25, -0.2) is 9.97 Å². The molecule has 2 heterocycles. The van der Waals surface area contributed by atoms with E-state index in [1.807, 2.05) is 6.92 Å². The first-order valence-corrected chi connectivity index (χ1v) is 9.23. The number of alkyl halides is 3. The van der Waals surface area contributed by atoms with E-state index in [2.05, 4.69) is 46.6 Å². The maximum atomic E-state index is 12.9. The fourth-order valence-electron chi connectivity index (χ4n) is 2.75. The van der Waals surface area contributed by atoms with Crippen LogP contribution in [0.5, 0.6) is 5.75 Å². The number of aromatic nitrogens is 3. The van der Waals surface area contributed by atoms with Crippen LogP contribution in [0.4, 0.5) is 13.2 Å². The van der Waals surface area contributed by atoms with Crippen LogP contribution in [0.1, 0.15) is 17.1 Å². The van der Waals surface area contributed by atoms with Gasteiger partial charge in [0.1, 0.15) is 22.3 Å². The van der Waals surface area contributed by atoms with Crippen molar-refractivity contribution in [3.8, 4) is 11.4 Å². The van der Waals surface area contributed by atoms with Gasteiger partial charge in [0.25, 0.3) is 0 Å². The second kappa shape index (κ2) is 6.69. The smallest absolute Gasteiger partial charge is 0.403 e. The lowest BCUT2D eigenvalue weighted by atomic mass is 10.2. The van der Waals surface area contributed by atoms with Crippen LogP contribution in [0.2, 0.25) is 5.15 Å². The van der Waals surface area contributed by atoms with Crippen LogP contribution < -0.4 is 4.74 Å². The van der Waals surface area contributed by atoms with E-state index in [4.69, 9.17) is 11.6 Å².